The minimum Gasteiger partial charge on any atom is -0.495 e. The number of anilines is 2. The number of fused-ring (bicyclic) bond motifs is 2. The molecule has 328 valence electrons. The Bertz CT molecular complexity index is 2970. The topological polar surface area (TPSA) is 108 Å². The lowest BCUT2D eigenvalue weighted by Gasteiger charge is -2.37. The number of morpholine rings is 2. The van der Waals surface area contributed by atoms with Gasteiger partial charge in [0.1, 0.15) is 23.1 Å². The molecule has 0 unspecified atom stereocenters. The lowest BCUT2D eigenvalue weighted by atomic mass is 9.97. The van der Waals surface area contributed by atoms with Crippen molar-refractivity contribution < 1.29 is 18.9 Å². The average Bonchev–Trinajstić information content (AvgIpc) is 3.33. The van der Waals surface area contributed by atoms with Gasteiger partial charge in [-0.25, -0.2) is 9.97 Å². The van der Waals surface area contributed by atoms with Crippen LogP contribution in [0.4, 0.5) is 11.6 Å². The molecule has 0 spiro atoms. The second-order valence-electron chi connectivity index (χ2n) is 17.3. The molecule has 5 aromatic heterocycles. The summed E-state index contributed by atoms with van der Waals surface area (Å²) in [5.41, 5.74) is 11.7. The van der Waals surface area contributed by atoms with Crippen molar-refractivity contribution in [3.8, 4) is 56.0 Å². The van der Waals surface area contributed by atoms with Crippen molar-refractivity contribution in [2.45, 2.75) is 58.5 Å². The highest BCUT2D eigenvalue weighted by molar-refractivity contribution is 6.01. The Labute approximate surface area is 380 Å². The molecule has 10 rings (SSSR count). The molecule has 4 atom stereocenters. The zero-order valence-corrected chi connectivity index (χ0v) is 37.7. The number of rotatable bonds is 10. The molecule has 11 nitrogen and oxygen atoms in total. The first-order valence-corrected chi connectivity index (χ1v) is 22.4. The largest absolute Gasteiger partial charge is 0.495 e. The van der Waals surface area contributed by atoms with Crippen molar-refractivity contribution in [3.63, 3.8) is 0 Å². The van der Waals surface area contributed by atoms with E-state index in [0.29, 0.717) is 13.0 Å². The first-order valence-electron chi connectivity index (χ1n) is 22.4. The van der Waals surface area contributed by atoms with E-state index in [0.717, 1.165) is 120 Å². The van der Waals surface area contributed by atoms with Crippen LogP contribution in [0.15, 0.2) is 128 Å². The van der Waals surface area contributed by atoms with E-state index in [-0.39, 0.29) is 24.4 Å². The van der Waals surface area contributed by atoms with E-state index in [1.165, 1.54) is 0 Å². The van der Waals surface area contributed by atoms with Crippen molar-refractivity contribution in [3.05, 3.63) is 139 Å². The van der Waals surface area contributed by atoms with Gasteiger partial charge in [0.25, 0.3) is 0 Å². The van der Waals surface area contributed by atoms with Crippen molar-refractivity contribution in [1.29, 1.82) is 0 Å². The van der Waals surface area contributed by atoms with Crippen LogP contribution in [0.2, 0.25) is 0 Å². The monoisotopic (exact) mass is 863 g/mol. The van der Waals surface area contributed by atoms with Crippen LogP contribution >= 0.6 is 0 Å². The van der Waals surface area contributed by atoms with Gasteiger partial charge >= 0.3 is 0 Å². The highest BCUT2D eigenvalue weighted by Crippen LogP contribution is 2.41. The smallest absolute Gasteiger partial charge is 0.137 e. The molecule has 0 N–H and O–H groups in total. The zero-order chi connectivity index (χ0) is 44.6. The first-order chi connectivity index (χ1) is 31.7. The van der Waals surface area contributed by atoms with E-state index in [1.807, 2.05) is 49.2 Å². The molecule has 0 bridgehead atoms. The normalized spacial score (nSPS) is 18.9. The molecule has 0 radical (unpaired) electrons. The number of aryl methyl sites for hydroxylation is 1. The van der Waals surface area contributed by atoms with Gasteiger partial charge in [0, 0.05) is 119 Å². The summed E-state index contributed by atoms with van der Waals surface area (Å²) in [6.45, 7) is 11.5. The second-order valence-corrected chi connectivity index (χ2v) is 17.3. The lowest BCUT2D eigenvalue weighted by Crippen LogP contribution is -2.47. The number of hydrogen-bond donors (Lipinski definition) is 0. The van der Waals surface area contributed by atoms with Gasteiger partial charge in [0.05, 0.1) is 49.7 Å². The number of hydrogen-bond acceptors (Lipinski definition) is 11. The van der Waals surface area contributed by atoms with Crippen molar-refractivity contribution >= 4 is 33.4 Å². The number of benzene rings is 3. The summed E-state index contributed by atoms with van der Waals surface area (Å²) in [5, 5.41) is 1.89. The second kappa shape index (κ2) is 17.9. The molecule has 0 saturated carbocycles. The van der Waals surface area contributed by atoms with Crippen molar-refractivity contribution in [2.75, 3.05) is 50.2 Å². The maximum Gasteiger partial charge on any atom is 0.137 e. The summed E-state index contributed by atoms with van der Waals surface area (Å²) in [4.78, 5) is 29.4. The maximum absolute atomic E-state index is 6.59. The Morgan fingerprint density at radius 3 is 1.57 bits per heavy atom. The number of methoxy groups -OCH3 is 2. The van der Waals surface area contributed by atoms with Gasteiger partial charge in [-0.05, 0) is 81.3 Å². The fourth-order valence-electron chi connectivity index (χ4n) is 9.68. The highest BCUT2D eigenvalue weighted by atomic mass is 16.5. The predicted molar refractivity (Wildman–Crippen MR) is 259 cm³/mol. The molecule has 11 heteroatoms. The molecule has 65 heavy (non-hydrogen) atoms. The van der Waals surface area contributed by atoms with Crippen LogP contribution in [0.1, 0.15) is 32.0 Å². The summed E-state index contributed by atoms with van der Waals surface area (Å²) in [6, 6.07) is 33.4. The third-order valence-corrected chi connectivity index (χ3v) is 12.7. The van der Waals surface area contributed by atoms with Crippen LogP contribution in [0.25, 0.3) is 66.3 Å². The Hall–Kier alpha value is -6.95. The molecule has 2 saturated heterocycles. The summed E-state index contributed by atoms with van der Waals surface area (Å²) in [7, 11) is 3.43. The van der Waals surface area contributed by atoms with E-state index in [1.54, 1.807) is 14.2 Å². The van der Waals surface area contributed by atoms with Gasteiger partial charge < -0.3 is 28.7 Å². The molecular formula is C54H53N7O4. The average molecular weight is 864 g/mol. The number of nitrogens with zero attached hydrogens (tertiary/aromatic N) is 7. The molecular weight excluding hydrogens is 811 g/mol. The van der Waals surface area contributed by atoms with Gasteiger partial charge in [-0.3, -0.25) is 15.0 Å². The molecule has 3 aromatic carbocycles. The summed E-state index contributed by atoms with van der Waals surface area (Å²) < 4.78 is 24.7. The van der Waals surface area contributed by atoms with E-state index >= 15 is 0 Å². The summed E-state index contributed by atoms with van der Waals surface area (Å²) in [5.74, 6) is 3.39. The Morgan fingerprint density at radius 2 is 1.03 bits per heavy atom. The SMILES string of the molecule is COc1c(-c2ccc(N3C[C@@H](Cc4cc(-c5cccc6c(OC)c(-c7ccc(N8C[C@@H](C)O[C@@H](C)C8)nc7)cnc56)cnc4C)O[C@@H](C)C3)nc2)cnc2c(-c3ccccc3)cccc12. The quantitative estimate of drug-likeness (QED) is 0.131. The number of aromatic nitrogens is 5. The fraction of sp³-hybridized carbons (Fsp3) is 0.278. The van der Waals surface area contributed by atoms with E-state index in [9.17, 15) is 0 Å². The van der Waals surface area contributed by atoms with Gasteiger partial charge in [0.15, 0.2) is 0 Å². The summed E-state index contributed by atoms with van der Waals surface area (Å²) >= 11 is 0. The molecule has 2 aliphatic rings. The molecule has 8 aromatic rings. The van der Waals surface area contributed by atoms with Crippen molar-refractivity contribution in [2.24, 2.45) is 0 Å². The standard InChI is InChI=1S/C54H53N7O4/c1-33-29-60(30-34(2)64-33)49-20-18-38(24-56-49)48-28-59-52-44(15-11-17-46(52)54(48)63-6)41-22-40(36(4)55-26-41)23-42-32-61(31-35(3)65-42)50-21-19-39(25-57-50)47-27-58-51-43(37-12-8-7-9-13-37)14-10-16-45(51)53(47)62-5/h7-22,24-28,33-35,42H,23,29-32H2,1-6H3/t33-,34+,35-,42+/m0/s1. The van der Waals surface area contributed by atoms with Gasteiger partial charge in [-0.1, -0.05) is 54.6 Å². The molecule has 2 fully saturated rings. The van der Waals surface area contributed by atoms with E-state index in [4.69, 9.17) is 43.9 Å². The van der Waals surface area contributed by atoms with Crippen LogP contribution < -0.4 is 19.3 Å². The minimum atomic E-state index is -0.0668. The van der Waals surface area contributed by atoms with E-state index in [2.05, 4.69) is 116 Å². The lowest BCUT2D eigenvalue weighted by molar-refractivity contribution is -0.0154. The molecule has 0 aliphatic carbocycles. The third kappa shape index (κ3) is 8.33. The van der Waals surface area contributed by atoms with Crippen molar-refractivity contribution in [1.82, 2.24) is 24.9 Å². The van der Waals surface area contributed by atoms with Gasteiger partial charge in [-0.15, -0.1) is 0 Å². The molecule has 7 heterocycles. The number of pyridine rings is 5. The van der Waals surface area contributed by atoms with Gasteiger partial charge in [-0.2, -0.15) is 0 Å². The Morgan fingerprint density at radius 1 is 0.508 bits per heavy atom. The van der Waals surface area contributed by atoms with Crippen LogP contribution in [0.3, 0.4) is 0 Å². The van der Waals surface area contributed by atoms with E-state index < -0.39 is 0 Å². The Kier molecular flexibility index (Phi) is 11.6. The van der Waals surface area contributed by atoms with Crippen LogP contribution in [0, 0.1) is 6.92 Å². The highest BCUT2D eigenvalue weighted by Gasteiger charge is 2.28. The molecule has 0 amide bonds. The third-order valence-electron chi connectivity index (χ3n) is 12.7. The Balaban J connectivity index is 0.876. The zero-order valence-electron chi connectivity index (χ0n) is 37.7. The summed E-state index contributed by atoms with van der Waals surface area (Å²) in [6.07, 6.45) is 10.5. The maximum atomic E-state index is 6.59. The van der Waals surface area contributed by atoms with Crippen LogP contribution in [-0.4, -0.2) is 89.7 Å². The minimum absolute atomic E-state index is 0.0114. The van der Waals surface area contributed by atoms with Crippen LogP contribution in [-0.2, 0) is 15.9 Å². The van der Waals surface area contributed by atoms with Crippen LogP contribution in [0.5, 0.6) is 11.5 Å². The fourth-order valence-corrected chi connectivity index (χ4v) is 9.68. The van der Waals surface area contributed by atoms with Gasteiger partial charge in [0.2, 0.25) is 0 Å². The number of ether oxygens (including phenoxy) is 4. The number of para-hydroxylation sites is 2. The molecule has 2 aliphatic heterocycles. The first kappa shape index (κ1) is 42.0. The predicted octanol–water partition coefficient (Wildman–Crippen LogP) is 10.4.